The van der Waals surface area contributed by atoms with Gasteiger partial charge in [-0.1, -0.05) is 18.2 Å². The minimum Gasteiger partial charge on any atom is -0.487 e. The van der Waals surface area contributed by atoms with Crippen molar-refractivity contribution in [1.29, 1.82) is 0 Å². The lowest BCUT2D eigenvalue weighted by Gasteiger charge is -2.33. The van der Waals surface area contributed by atoms with Gasteiger partial charge in [-0.3, -0.25) is 9.69 Å². The third-order valence-corrected chi connectivity index (χ3v) is 6.66. The molecule has 3 aromatic rings. The lowest BCUT2D eigenvalue weighted by molar-refractivity contribution is -0.127. The molecule has 1 aliphatic heterocycles. The highest BCUT2D eigenvalue weighted by molar-refractivity contribution is 7.10. The second kappa shape index (κ2) is 10.0. The summed E-state index contributed by atoms with van der Waals surface area (Å²) in [7, 11) is 0. The van der Waals surface area contributed by atoms with Crippen molar-refractivity contribution in [2.24, 2.45) is 0 Å². The predicted octanol–water partition coefficient (Wildman–Crippen LogP) is 4.45. The molecule has 1 amide bonds. The van der Waals surface area contributed by atoms with Gasteiger partial charge in [0.2, 0.25) is 5.91 Å². The van der Waals surface area contributed by atoms with E-state index in [0.29, 0.717) is 6.61 Å². The van der Waals surface area contributed by atoms with Gasteiger partial charge in [0, 0.05) is 49.1 Å². The van der Waals surface area contributed by atoms with E-state index in [1.165, 1.54) is 4.88 Å². The molecule has 156 valence electrons. The number of carbonyl (C=O) groups is 1. The van der Waals surface area contributed by atoms with Gasteiger partial charge in [-0.25, -0.2) is 4.98 Å². The molecule has 30 heavy (non-hydrogen) atoms. The number of nitrogens with zero attached hydrogens (tertiary/aromatic N) is 3. The number of carbonyl (C=O) groups excluding carboxylic acids is 1. The minimum atomic E-state index is 0.0649. The number of rotatable bonds is 7. The number of amides is 1. The highest BCUT2D eigenvalue weighted by Gasteiger charge is 2.19. The van der Waals surface area contributed by atoms with Gasteiger partial charge >= 0.3 is 0 Å². The average molecular weight is 440 g/mol. The summed E-state index contributed by atoms with van der Waals surface area (Å²) in [5.41, 5.74) is 1.89. The maximum absolute atomic E-state index is 12.6. The van der Waals surface area contributed by atoms with Crippen molar-refractivity contribution in [3.63, 3.8) is 0 Å². The number of ether oxygens (including phenoxy) is 1. The van der Waals surface area contributed by atoms with E-state index in [4.69, 9.17) is 4.74 Å². The van der Waals surface area contributed by atoms with E-state index in [2.05, 4.69) is 27.4 Å². The van der Waals surface area contributed by atoms with Crippen molar-refractivity contribution in [2.45, 2.75) is 20.1 Å². The molecule has 0 bridgehead atoms. The Morgan fingerprint density at radius 1 is 1.17 bits per heavy atom. The van der Waals surface area contributed by atoms with E-state index in [-0.39, 0.29) is 5.91 Å². The minimum absolute atomic E-state index is 0.0649. The fourth-order valence-corrected chi connectivity index (χ4v) is 4.71. The summed E-state index contributed by atoms with van der Waals surface area (Å²) in [6.45, 7) is 6.78. The third-order valence-electron chi connectivity index (χ3n) is 4.97. The van der Waals surface area contributed by atoms with Crippen LogP contribution in [0, 0.1) is 6.92 Å². The van der Waals surface area contributed by atoms with Crippen LogP contribution in [0.5, 0.6) is 5.75 Å². The Balaban J connectivity index is 1.26. The lowest BCUT2D eigenvalue weighted by atomic mass is 10.2. The fraction of sp³-hybridized carbons (Fsp3) is 0.304. The number of piperazine rings is 1. The van der Waals surface area contributed by atoms with Crippen molar-refractivity contribution in [1.82, 2.24) is 14.8 Å². The smallest absolute Gasteiger partial charge is 0.246 e. The summed E-state index contributed by atoms with van der Waals surface area (Å²) in [5.74, 6) is 0.840. The van der Waals surface area contributed by atoms with Gasteiger partial charge in [0.25, 0.3) is 0 Å². The highest BCUT2D eigenvalue weighted by Crippen LogP contribution is 2.18. The summed E-state index contributed by atoms with van der Waals surface area (Å²) < 4.78 is 5.83. The molecule has 5 nitrogen and oxygen atoms in total. The third kappa shape index (κ3) is 5.78. The summed E-state index contributed by atoms with van der Waals surface area (Å²) in [5, 5.41) is 5.16. The van der Waals surface area contributed by atoms with Crippen LogP contribution in [-0.2, 0) is 17.9 Å². The number of aromatic nitrogens is 1. The van der Waals surface area contributed by atoms with Crippen LogP contribution in [0.1, 0.15) is 21.1 Å². The first-order valence-corrected chi connectivity index (χ1v) is 11.8. The van der Waals surface area contributed by atoms with Crippen LogP contribution in [0.4, 0.5) is 0 Å². The summed E-state index contributed by atoms with van der Waals surface area (Å²) >= 11 is 3.41. The summed E-state index contributed by atoms with van der Waals surface area (Å²) in [6, 6.07) is 12.0. The Labute approximate surface area is 185 Å². The molecule has 0 aliphatic carbocycles. The molecule has 4 rings (SSSR count). The normalized spacial score (nSPS) is 15.0. The molecule has 0 unspecified atom stereocenters. The van der Waals surface area contributed by atoms with E-state index in [1.54, 1.807) is 28.7 Å². The Morgan fingerprint density at radius 2 is 2.03 bits per heavy atom. The first-order chi connectivity index (χ1) is 14.7. The van der Waals surface area contributed by atoms with Gasteiger partial charge in [-0.2, -0.15) is 0 Å². The van der Waals surface area contributed by atoms with Gasteiger partial charge in [0.15, 0.2) is 0 Å². The maximum Gasteiger partial charge on any atom is 0.246 e. The summed E-state index contributed by atoms with van der Waals surface area (Å²) in [6.07, 6.45) is 3.53. The average Bonchev–Trinajstić information content (AvgIpc) is 3.43. The van der Waals surface area contributed by atoms with Crippen LogP contribution in [0.15, 0.2) is 53.2 Å². The van der Waals surface area contributed by atoms with E-state index >= 15 is 0 Å². The maximum atomic E-state index is 12.6. The van der Waals surface area contributed by atoms with Crippen molar-refractivity contribution >= 4 is 34.7 Å². The molecule has 1 aromatic carbocycles. The number of hydrogen-bond donors (Lipinski definition) is 0. The Kier molecular flexibility index (Phi) is 6.94. The van der Waals surface area contributed by atoms with Crippen LogP contribution < -0.4 is 4.74 Å². The van der Waals surface area contributed by atoms with E-state index in [0.717, 1.165) is 54.7 Å². The molecule has 3 heterocycles. The molecular formula is C23H25N3O2S2. The molecule has 0 saturated carbocycles. The fourth-order valence-electron chi connectivity index (χ4n) is 3.36. The molecule has 1 fully saturated rings. The largest absolute Gasteiger partial charge is 0.487 e. The van der Waals surface area contributed by atoms with Crippen LogP contribution in [0.3, 0.4) is 0 Å². The zero-order valence-electron chi connectivity index (χ0n) is 17.0. The number of hydrogen-bond acceptors (Lipinski definition) is 6. The van der Waals surface area contributed by atoms with Crippen LogP contribution in [0.2, 0.25) is 0 Å². The van der Waals surface area contributed by atoms with Crippen molar-refractivity contribution < 1.29 is 9.53 Å². The molecule has 0 radical (unpaired) electrons. The van der Waals surface area contributed by atoms with Crippen molar-refractivity contribution in [2.75, 3.05) is 26.2 Å². The summed E-state index contributed by atoms with van der Waals surface area (Å²) in [4.78, 5) is 22.7. The van der Waals surface area contributed by atoms with Crippen LogP contribution in [0.25, 0.3) is 6.08 Å². The molecule has 7 heteroatoms. The number of thiophene rings is 1. The first kappa shape index (κ1) is 20.8. The molecule has 0 N–H and O–H groups in total. The molecule has 1 aliphatic rings. The number of aryl methyl sites for hydroxylation is 1. The van der Waals surface area contributed by atoms with Crippen molar-refractivity contribution in [3.05, 3.63) is 74.4 Å². The first-order valence-electron chi connectivity index (χ1n) is 10.0. The second-order valence-electron chi connectivity index (χ2n) is 7.23. The number of benzene rings is 1. The van der Waals surface area contributed by atoms with Gasteiger partial charge in [0.05, 0.1) is 10.7 Å². The predicted molar refractivity (Wildman–Crippen MR) is 123 cm³/mol. The number of thiazole rings is 1. The molecule has 1 saturated heterocycles. The second-order valence-corrected chi connectivity index (χ2v) is 9.33. The SMILES string of the molecule is Cc1nc(COc2cccc(/C=C/C(=O)N3CCN(Cc4cccs4)CC3)c2)cs1. The highest BCUT2D eigenvalue weighted by atomic mass is 32.1. The standard InChI is InChI=1S/C23H25N3O2S2/c1-18-24-20(17-30-18)16-28-21-5-2-4-19(14-21)7-8-23(27)26-11-9-25(10-12-26)15-22-6-3-13-29-22/h2-8,13-14,17H,9-12,15-16H2,1H3/b8-7+. The van der Waals surface area contributed by atoms with Gasteiger partial charge < -0.3 is 9.64 Å². The molecule has 2 aromatic heterocycles. The van der Waals surface area contributed by atoms with Crippen LogP contribution in [-0.4, -0.2) is 46.9 Å². The van der Waals surface area contributed by atoms with Gasteiger partial charge in [0.1, 0.15) is 12.4 Å². The lowest BCUT2D eigenvalue weighted by Crippen LogP contribution is -2.47. The molecule has 0 spiro atoms. The van der Waals surface area contributed by atoms with E-state index in [1.807, 2.05) is 47.5 Å². The zero-order valence-corrected chi connectivity index (χ0v) is 18.6. The molecular weight excluding hydrogens is 414 g/mol. The quantitative estimate of drug-likeness (QED) is 0.510. The Morgan fingerprint density at radius 3 is 2.77 bits per heavy atom. The van der Waals surface area contributed by atoms with Gasteiger partial charge in [-0.05, 0) is 42.1 Å². The Hall–Kier alpha value is -2.48. The van der Waals surface area contributed by atoms with Crippen molar-refractivity contribution in [3.8, 4) is 5.75 Å². The van der Waals surface area contributed by atoms with Gasteiger partial charge in [-0.15, -0.1) is 22.7 Å². The Bertz CT molecular complexity index is 990. The van der Waals surface area contributed by atoms with E-state index in [9.17, 15) is 4.79 Å². The zero-order chi connectivity index (χ0) is 20.8. The van der Waals surface area contributed by atoms with Crippen LogP contribution >= 0.6 is 22.7 Å². The van der Waals surface area contributed by atoms with E-state index < -0.39 is 0 Å². The monoisotopic (exact) mass is 439 g/mol. The molecule has 0 atom stereocenters. The topological polar surface area (TPSA) is 45.7 Å².